The number of rotatable bonds is 3. The molecule has 1 aliphatic heterocycles. The molecule has 0 aromatic carbocycles. The lowest BCUT2D eigenvalue weighted by atomic mass is 10.4. The topological polar surface area (TPSA) is 32.3 Å². The van der Waals surface area contributed by atoms with Crippen molar-refractivity contribution in [3.05, 3.63) is 0 Å². The zero-order chi connectivity index (χ0) is 8.81. The fourth-order valence-corrected chi connectivity index (χ4v) is 1.38. The lowest BCUT2D eigenvalue weighted by Gasteiger charge is -2.13. The first-order chi connectivity index (χ1) is 5.83. The van der Waals surface area contributed by atoms with Crippen LogP contribution in [-0.2, 0) is 4.79 Å². The van der Waals surface area contributed by atoms with E-state index in [4.69, 9.17) is 6.42 Å². The molecular weight excluding hydrogens is 152 g/mol. The minimum Gasteiger partial charge on any atom is -0.344 e. The van der Waals surface area contributed by atoms with Gasteiger partial charge in [0.25, 0.3) is 5.91 Å². The Morgan fingerprint density at radius 1 is 1.50 bits per heavy atom. The second-order valence-electron chi connectivity index (χ2n) is 2.95. The molecule has 66 valence electrons. The SMILES string of the molecule is C#CC(=O)NCCN1CCCC1. The number of carbonyl (C=O) groups is 1. The van der Waals surface area contributed by atoms with E-state index in [2.05, 4.69) is 10.2 Å². The predicted molar refractivity (Wildman–Crippen MR) is 47.5 cm³/mol. The molecule has 0 bridgehead atoms. The Bertz CT molecular complexity index is 189. The van der Waals surface area contributed by atoms with Crippen LogP contribution in [0, 0.1) is 12.3 Å². The van der Waals surface area contributed by atoms with Gasteiger partial charge in [-0.25, -0.2) is 0 Å². The first-order valence-electron chi connectivity index (χ1n) is 4.30. The molecule has 1 saturated heterocycles. The van der Waals surface area contributed by atoms with Crippen LogP contribution in [0.3, 0.4) is 0 Å². The highest BCUT2D eigenvalue weighted by Crippen LogP contribution is 2.05. The van der Waals surface area contributed by atoms with Crippen LogP contribution >= 0.6 is 0 Å². The number of nitrogens with one attached hydrogen (secondary N) is 1. The van der Waals surface area contributed by atoms with E-state index in [1.807, 2.05) is 5.92 Å². The predicted octanol–water partition coefficient (Wildman–Crippen LogP) is -0.168. The lowest BCUT2D eigenvalue weighted by molar-refractivity contribution is -0.115. The highest BCUT2D eigenvalue weighted by atomic mass is 16.1. The van der Waals surface area contributed by atoms with Gasteiger partial charge >= 0.3 is 0 Å². The molecule has 0 aliphatic carbocycles. The molecule has 0 saturated carbocycles. The maximum absolute atomic E-state index is 10.6. The van der Waals surface area contributed by atoms with Gasteiger partial charge in [0.2, 0.25) is 0 Å². The van der Waals surface area contributed by atoms with E-state index < -0.39 is 0 Å². The van der Waals surface area contributed by atoms with Gasteiger partial charge in [-0.3, -0.25) is 4.79 Å². The average molecular weight is 166 g/mol. The first kappa shape index (κ1) is 9.08. The molecule has 12 heavy (non-hydrogen) atoms. The first-order valence-corrected chi connectivity index (χ1v) is 4.30. The Morgan fingerprint density at radius 3 is 2.75 bits per heavy atom. The van der Waals surface area contributed by atoms with Gasteiger partial charge in [0.05, 0.1) is 0 Å². The second-order valence-corrected chi connectivity index (χ2v) is 2.95. The lowest BCUT2D eigenvalue weighted by Crippen LogP contribution is -2.32. The fraction of sp³-hybridized carbons (Fsp3) is 0.667. The van der Waals surface area contributed by atoms with Crippen molar-refractivity contribution in [3.63, 3.8) is 0 Å². The third-order valence-electron chi connectivity index (χ3n) is 2.04. The van der Waals surface area contributed by atoms with E-state index in [-0.39, 0.29) is 5.91 Å². The van der Waals surface area contributed by atoms with Gasteiger partial charge in [-0.1, -0.05) is 0 Å². The monoisotopic (exact) mass is 166 g/mol. The van der Waals surface area contributed by atoms with Gasteiger partial charge in [-0.2, -0.15) is 0 Å². The van der Waals surface area contributed by atoms with Crippen LogP contribution in [0.4, 0.5) is 0 Å². The highest BCUT2D eigenvalue weighted by Gasteiger charge is 2.10. The third-order valence-corrected chi connectivity index (χ3v) is 2.04. The van der Waals surface area contributed by atoms with Gasteiger partial charge < -0.3 is 10.2 Å². The molecule has 0 atom stereocenters. The summed E-state index contributed by atoms with van der Waals surface area (Å²) in [6.07, 6.45) is 7.45. The largest absolute Gasteiger partial charge is 0.344 e. The number of likely N-dealkylation sites (tertiary alicyclic amines) is 1. The summed E-state index contributed by atoms with van der Waals surface area (Å²) in [6, 6.07) is 0. The van der Waals surface area contributed by atoms with Gasteiger partial charge in [-0.15, -0.1) is 6.42 Å². The molecule has 0 spiro atoms. The van der Waals surface area contributed by atoms with Gasteiger partial charge in [0, 0.05) is 13.1 Å². The number of hydrogen-bond donors (Lipinski definition) is 1. The molecule has 1 aliphatic rings. The Kier molecular flexibility index (Phi) is 3.62. The van der Waals surface area contributed by atoms with E-state index in [1.54, 1.807) is 0 Å². The Balaban J connectivity index is 2.02. The molecule has 0 radical (unpaired) electrons. The Labute approximate surface area is 73.1 Å². The van der Waals surface area contributed by atoms with Crippen LogP contribution in [0.15, 0.2) is 0 Å². The van der Waals surface area contributed by atoms with Crippen molar-refractivity contribution in [1.82, 2.24) is 10.2 Å². The smallest absolute Gasteiger partial charge is 0.295 e. The van der Waals surface area contributed by atoms with Crippen molar-refractivity contribution in [2.24, 2.45) is 0 Å². The molecule has 1 rings (SSSR count). The minimum absolute atomic E-state index is 0.311. The van der Waals surface area contributed by atoms with Crippen LogP contribution in [0.25, 0.3) is 0 Å². The number of nitrogens with zero attached hydrogens (tertiary/aromatic N) is 1. The summed E-state index contributed by atoms with van der Waals surface area (Å²) in [4.78, 5) is 12.9. The summed E-state index contributed by atoms with van der Waals surface area (Å²) in [7, 11) is 0. The number of amides is 1. The fourth-order valence-electron chi connectivity index (χ4n) is 1.38. The minimum atomic E-state index is -0.311. The van der Waals surface area contributed by atoms with Crippen LogP contribution in [0.2, 0.25) is 0 Å². The number of hydrogen-bond acceptors (Lipinski definition) is 2. The van der Waals surface area contributed by atoms with Gasteiger partial charge in [0.1, 0.15) is 0 Å². The maximum atomic E-state index is 10.6. The maximum Gasteiger partial charge on any atom is 0.295 e. The van der Waals surface area contributed by atoms with Crippen LogP contribution in [0.5, 0.6) is 0 Å². The van der Waals surface area contributed by atoms with Gasteiger partial charge in [0.15, 0.2) is 0 Å². The van der Waals surface area contributed by atoms with Crippen LogP contribution < -0.4 is 5.32 Å². The van der Waals surface area contributed by atoms with Crippen molar-refractivity contribution in [2.75, 3.05) is 26.2 Å². The molecule has 3 nitrogen and oxygen atoms in total. The summed E-state index contributed by atoms with van der Waals surface area (Å²) in [5, 5.41) is 2.64. The van der Waals surface area contributed by atoms with Crippen molar-refractivity contribution < 1.29 is 4.79 Å². The van der Waals surface area contributed by atoms with E-state index in [1.165, 1.54) is 12.8 Å². The summed E-state index contributed by atoms with van der Waals surface area (Å²) in [6.45, 7) is 3.91. The Hall–Kier alpha value is -1.01. The van der Waals surface area contributed by atoms with E-state index in [0.717, 1.165) is 19.6 Å². The quantitative estimate of drug-likeness (QED) is 0.590. The van der Waals surface area contributed by atoms with Crippen LogP contribution in [-0.4, -0.2) is 37.0 Å². The van der Waals surface area contributed by atoms with Crippen molar-refractivity contribution >= 4 is 5.91 Å². The second kappa shape index (κ2) is 4.78. The standard InChI is InChI=1S/C9H14N2O/c1-2-9(12)10-5-8-11-6-3-4-7-11/h1H,3-8H2,(H,10,12). The van der Waals surface area contributed by atoms with Gasteiger partial charge in [-0.05, 0) is 31.9 Å². The van der Waals surface area contributed by atoms with Crippen molar-refractivity contribution in [2.45, 2.75) is 12.8 Å². The normalized spacial score (nSPS) is 17.2. The molecule has 1 amide bonds. The molecule has 1 fully saturated rings. The molecular formula is C9H14N2O. The molecule has 1 heterocycles. The van der Waals surface area contributed by atoms with Crippen molar-refractivity contribution in [3.8, 4) is 12.3 Å². The van der Waals surface area contributed by atoms with E-state index in [0.29, 0.717) is 6.54 Å². The third kappa shape index (κ3) is 2.93. The molecule has 0 aromatic rings. The van der Waals surface area contributed by atoms with Crippen molar-refractivity contribution in [1.29, 1.82) is 0 Å². The van der Waals surface area contributed by atoms with E-state index in [9.17, 15) is 4.79 Å². The summed E-state index contributed by atoms with van der Waals surface area (Å²) in [5.41, 5.74) is 0. The molecule has 3 heteroatoms. The zero-order valence-electron chi connectivity index (χ0n) is 7.18. The molecule has 0 unspecified atom stereocenters. The summed E-state index contributed by atoms with van der Waals surface area (Å²) >= 11 is 0. The molecule has 0 aromatic heterocycles. The molecule has 1 N–H and O–H groups in total. The number of carbonyl (C=O) groups excluding carboxylic acids is 1. The zero-order valence-corrected chi connectivity index (χ0v) is 7.18. The van der Waals surface area contributed by atoms with Crippen LogP contribution in [0.1, 0.15) is 12.8 Å². The summed E-state index contributed by atoms with van der Waals surface area (Å²) < 4.78 is 0. The Morgan fingerprint density at radius 2 is 2.17 bits per heavy atom. The van der Waals surface area contributed by atoms with E-state index >= 15 is 0 Å². The average Bonchev–Trinajstić information content (AvgIpc) is 2.57. The highest BCUT2D eigenvalue weighted by molar-refractivity contribution is 5.92. The number of terminal acetylenes is 1. The summed E-state index contributed by atoms with van der Waals surface area (Å²) in [5.74, 6) is 1.71.